The molecule has 0 spiro atoms. The van der Waals surface area contributed by atoms with E-state index in [9.17, 15) is 13.5 Å². The lowest BCUT2D eigenvalue weighted by molar-refractivity contribution is 0.0780. The maximum Gasteiger partial charge on any atom is 0.148 e. The maximum absolute atomic E-state index is 11.1. The van der Waals surface area contributed by atoms with Crippen LogP contribution < -0.4 is 4.74 Å². The number of benzene rings is 1. The first-order valence-corrected chi connectivity index (χ1v) is 8.53. The normalized spacial score (nSPS) is 12.9. The lowest BCUT2D eigenvalue weighted by Gasteiger charge is -2.20. The summed E-state index contributed by atoms with van der Waals surface area (Å²) < 4.78 is 27.5. The van der Waals surface area contributed by atoms with Gasteiger partial charge in [-0.2, -0.15) is 5.26 Å². The molecule has 1 unspecified atom stereocenters. The maximum atomic E-state index is 11.1. The van der Waals surface area contributed by atoms with Gasteiger partial charge in [-0.3, -0.25) is 0 Å². The summed E-state index contributed by atoms with van der Waals surface area (Å²) in [5.41, 5.74) is 0.493. The fourth-order valence-electron chi connectivity index (χ4n) is 1.67. The van der Waals surface area contributed by atoms with Crippen LogP contribution in [0.4, 0.5) is 0 Å². The second-order valence-electron chi connectivity index (χ2n) is 5.00. The van der Waals surface area contributed by atoms with E-state index in [1.807, 2.05) is 6.07 Å². The fourth-order valence-corrected chi connectivity index (χ4v) is 2.32. The zero-order valence-corrected chi connectivity index (χ0v) is 13.0. The predicted octanol–water partition coefficient (Wildman–Crippen LogP) is 0.274. The summed E-state index contributed by atoms with van der Waals surface area (Å²) in [6, 6.07) is 8.69. The molecule has 1 aromatic rings. The average molecular weight is 312 g/mol. The highest BCUT2D eigenvalue weighted by atomic mass is 32.2. The molecule has 1 rings (SSSR count). The van der Waals surface area contributed by atoms with Gasteiger partial charge < -0.3 is 14.7 Å². The summed E-state index contributed by atoms with van der Waals surface area (Å²) in [4.78, 5) is 1.74. The molecule has 0 fully saturated rings. The second-order valence-corrected chi connectivity index (χ2v) is 7.26. The molecule has 0 amide bonds. The van der Waals surface area contributed by atoms with Gasteiger partial charge in [-0.15, -0.1) is 0 Å². The Balaban J connectivity index is 2.36. The van der Waals surface area contributed by atoms with Crippen LogP contribution in [0, 0.1) is 11.3 Å². The number of likely N-dealkylation sites (N-methyl/N-ethyl adjacent to an activating group) is 1. The van der Waals surface area contributed by atoms with Crippen molar-refractivity contribution in [2.45, 2.75) is 6.10 Å². The molecular weight excluding hydrogens is 292 g/mol. The van der Waals surface area contributed by atoms with E-state index in [-0.39, 0.29) is 12.4 Å². The summed E-state index contributed by atoms with van der Waals surface area (Å²) in [5, 5.41) is 18.6. The lowest BCUT2D eigenvalue weighted by atomic mass is 10.2. The van der Waals surface area contributed by atoms with E-state index in [1.165, 1.54) is 6.26 Å². The van der Waals surface area contributed by atoms with Crippen LogP contribution in [-0.4, -0.2) is 63.3 Å². The first kappa shape index (κ1) is 17.4. The van der Waals surface area contributed by atoms with Crippen LogP contribution in [0.2, 0.25) is 0 Å². The Bertz CT molecular complexity index is 595. The molecule has 7 heteroatoms. The van der Waals surface area contributed by atoms with Crippen LogP contribution in [0.3, 0.4) is 0 Å². The number of aliphatic hydroxyl groups excluding tert-OH is 1. The van der Waals surface area contributed by atoms with Gasteiger partial charge in [0.25, 0.3) is 0 Å². The van der Waals surface area contributed by atoms with Gasteiger partial charge in [-0.05, 0) is 25.2 Å². The lowest BCUT2D eigenvalue weighted by Crippen LogP contribution is -2.35. The van der Waals surface area contributed by atoms with Crippen molar-refractivity contribution < 1.29 is 18.3 Å². The summed E-state index contributed by atoms with van der Waals surface area (Å²) in [6.45, 7) is 0.755. The average Bonchev–Trinajstić information content (AvgIpc) is 2.42. The molecule has 1 aromatic carbocycles. The fraction of sp³-hybridized carbons (Fsp3) is 0.500. The topological polar surface area (TPSA) is 90.6 Å². The molecule has 0 aliphatic carbocycles. The van der Waals surface area contributed by atoms with Crippen molar-refractivity contribution in [1.29, 1.82) is 5.26 Å². The van der Waals surface area contributed by atoms with Crippen molar-refractivity contribution in [2.24, 2.45) is 0 Å². The largest absolute Gasteiger partial charge is 0.491 e. The molecule has 0 aliphatic rings. The van der Waals surface area contributed by atoms with Crippen molar-refractivity contribution in [3.05, 3.63) is 29.8 Å². The summed E-state index contributed by atoms with van der Waals surface area (Å²) in [6.07, 6.45) is 0.447. The number of rotatable bonds is 8. The Kier molecular flexibility index (Phi) is 6.62. The van der Waals surface area contributed by atoms with Crippen LogP contribution in [0.5, 0.6) is 5.75 Å². The molecule has 116 valence electrons. The second kappa shape index (κ2) is 7.98. The van der Waals surface area contributed by atoms with E-state index in [0.717, 1.165) is 0 Å². The van der Waals surface area contributed by atoms with E-state index in [0.29, 0.717) is 24.4 Å². The van der Waals surface area contributed by atoms with E-state index in [4.69, 9.17) is 10.00 Å². The van der Waals surface area contributed by atoms with E-state index in [1.54, 1.807) is 36.2 Å². The molecule has 0 saturated carbocycles. The number of hydrogen-bond donors (Lipinski definition) is 1. The number of ether oxygens (including phenoxy) is 1. The molecule has 0 bridgehead atoms. The smallest absolute Gasteiger partial charge is 0.148 e. The van der Waals surface area contributed by atoms with Gasteiger partial charge in [0, 0.05) is 19.3 Å². The van der Waals surface area contributed by atoms with Crippen molar-refractivity contribution in [3.63, 3.8) is 0 Å². The van der Waals surface area contributed by atoms with Crippen LogP contribution in [0.15, 0.2) is 24.3 Å². The van der Waals surface area contributed by atoms with Gasteiger partial charge in [-0.25, -0.2) is 8.42 Å². The zero-order chi connectivity index (χ0) is 15.9. The highest BCUT2D eigenvalue weighted by Gasteiger charge is 2.11. The Morgan fingerprint density at radius 1 is 1.48 bits per heavy atom. The monoisotopic (exact) mass is 312 g/mol. The first-order chi connectivity index (χ1) is 9.80. The Labute approximate surface area is 125 Å². The zero-order valence-electron chi connectivity index (χ0n) is 12.2. The Morgan fingerprint density at radius 2 is 2.19 bits per heavy atom. The van der Waals surface area contributed by atoms with Crippen molar-refractivity contribution in [1.82, 2.24) is 4.90 Å². The highest BCUT2D eigenvalue weighted by Crippen LogP contribution is 2.12. The number of nitrogens with zero attached hydrogens (tertiary/aromatic N) is 2. The number of nitriles is 1. The molecule has 0 radical (unpaired) electrons. The Morgan fingerprint density at radius 3 is 2.81 bits per heavy atom. The van der Waals surface area contributed by atoms with E-state index in [2.05, 4.69) is 0 Å². The SMILES string of the molecule is CN(CCS(C)(=O)=O)CC(O)COc1cccc(C#N)c1. The minimum atomic E-state index is -3.00. The first-order valence-electron chi connectivity index (χ1n) is 6.47. The quantitative estimate of drug-likeness (QED) is 0.741. The summed E-state index contributed by atoms with van der Waals surface area (Å²) in [5.74, 6) is 0.577. The molecule has 0 saturated heterocycles. The molecule has 1 N–H and O–H groups in total. The molecular formula is C14H20N2O4S. The third kappa shape index (κ3) is 7.66. The van der Waals surface area contributed by atoms with Crippen LogP contribution in [-0.2, 0) is 9.84 Å². The third-order valence-corrected chi connectivity index (χ3v) is 3.70. The van der Waals surface area contributed by atoms with E-state index >= 15 is 0 Å². The molecule has 6 nitrogen and oxygen atoms in total. The number of sulfone groups is 1. The van der Waals surface area contributed by atoms with Gasteiger partial charge in [0.1, 0.15) is 28.3 Å². The minimum Gasteiger partial charge on any atom is -0.491 e. The third-order valence-electron chi connectivity index (χ3n) is 2.77. The van der Waals surface area contributed by atoms with Gasteiger partial charge in [0.15, 0.2) is 0 Å². The van der Waals surface area contributed by atoms with Gasteiger partial charge in [0.2, 0.25) is 0 Å². The minimum absolute atomic E-state index is 0.0568. The predicted molar refractivity (Wildman–Crippen MR) is 79.9 cm³/mol. The van der Waals surface area contributed by atoms with Crippen molar-refractivity contribution in [2.75, 3.05) is 38.8 Å². The van der Waals surface area contributed by atoms with Crippen LogP contribution >= 0.6 is 0 Å². The standard InChI is InChI=1S/C14H20N2O4S/c1-16(6-7-21(2,18)19)10-13(17)11-20-14-5-3-4-12(8-14)9-15/h3-5,8,13,17H,6-7,10-11H2,1-2H3. The molecule has 0 aromatic heterocycles. The van der Waals surface area contributed by atoms with Gasteiger partial charge in [-0.1, -0.05) is 6.07 Å². The Hall–Kier alpha value is -1.62. The van der Waals surface area contributed by atoms with Crippen LogP contribution in [0.1, 0.15) is 5.56 Å². The van der Waals surface area contributed by atoms with Crippen molar-refractivity contribution >= 4 is 9.84 Å². The van der Waals surface area contributed by atoms with Crippen LogP contribution in [0.25, 0.3) is 0 Å². The summed E-state index contributed by atoms with van der Waals surface area (Å²) >= 11 is 0. The molecule has 1 atom stereocenters. The number of aliphatic hydroxyl groups is 1. The molecule has 0 heterocycles. The highest BCUT2D eigenvalue weighted by molar-refractivity contribution is 7.90. The van der Waals surface area contributed by atoms with Gasteiger partial charge >= 0.3 is 0 Å². The molecule has 0 aliphatic heterocycles. The van der Waals surface area contributed by atoms with E-state index < -0.39 is 15.9 Å². The van der Waals surface area contributed by atoms with Crippen molar-refractivity contribution in [3.8, 4) is 11.8 Å². The molecule has 21 heavy (non-hydrogen) atoms. The number of hydrogen-bond acceptors (Lipinski definition) is 6. The summed E-state index contributed by atoms with van der Waals surface area (Å²) in [7, 11) is -1.26. The van der Waals surface area contributed by atoms with Gasteiger partial charge in [0.05, 0.1) is 17.4 Å².